The van der Waals surface area contributed by atoms with Gasteiger partial charge in [-0.05, 0) is 30.3 Å². The second-order valence-electron chi connectivity index (χ2n) is 4.87. The molecule has 2 amide bonds. The lowest BCUT2D eigenvalue weighted by Crippen LogP contribution is -2.41. The predicted molar refractivity (Wildman–Crippen MR) is 82.1 cm³/mol. The number of anilines is 1. The number of halogens is 1. The van der Waals surface area contributed by atoms with Crippen LogP contribution in [0.5, 0.6) is 0 Å². The maximum atomic E-state index is 13.1. The van der Waals surface area contributed by atoms with Crippen molar-refractivity contribution in [2.75, 3.05) is 5.32 Å². The van der Waals surface area contributed by atoms with Crippen LogP contribution >= 0.6 is 0 Å². The van der Waals surface area contributed by atoms with E-state index in [0.29, 0.717) is 22.5 Å². The van der Waals surface area contributed by atoms with Gasteiger partial charge < -0.3 is 10.4 Å². The number of amides is 2. The summed E-state index contributed by atoms with van der Waals surface area (Å²) in [6, 6.07) is 12.6. The van der Waals surface area contributed by atoms with Crippen LogP contribution in [0.25, 0.3) is 0 Å². The van der Waals surface area contributed by atoms with Gasteiger partial charge >= 0.3 is 6.09 Å². The second-order valence-corrected chi connectivity index (χ2v) is 4.87. The number of carbonyl (C=O) groups is 2. The van der Waals surface area contributed by atoms with Crippen molar-refractivity contribution < 1.29 is 19.1 Å². The fourth-order valence-electron chi connectivity index (χ4n) is 2.31. The maximum Gasteiger partial charge on any atom is 0.406 e. The number of nitrogens with one attached hydrogen (secondary N) is 2. The lowest BCUT2D eigenvalue weighted by atomic mass is 10.0. The Bertz CT molecular complexity index is 802. The van der Waals surface area contributed by atoms with Crippen LogP contribution in [-0.2, 0) is 4.79 Å². The average Bonchev–Trinajstić information content (AvgIpc) is 2.65. The number of benzodiazepines with no additional fused rings is 1. The largest absolute Gasteiger partial charge is 0.465 e. The Morgan fingerprint density at radius 3 is 2.57 bits per heavy atom. The van der Waals surface area contributed by atoms with Gasteiger partial charge in [-0.15, -0.1) is 0 Å². The van der Waals surface area contributed by atoms with Gasteiger partial charge in [0.25, 0.3) is 5.91 Å². The molecule has 1 unspecified atom stereocenters. The summed E-state index contributed by atoms with van der Waals surface area (Å²) in [5.41, 5.74) is 2.11. The third kappa shape index (κ3) is 3.03. The van der Waals surface area contributed by atoms with Gasteiger partial charge in [0.1, 0.15) is 5.82 Å². The molecular formula is C16H12FN3O3. The first-order valence-electron chi connectivity index (χ1n) is 6.78. The number of nitrogens with zero attached hydrogens (tertiary/aromatic N) is 1. The normalized spacial score (nSPS) is 16.7. The second kappa shape index (κ2) is 5.88. The zero-order valence-electron chi connectivity index (χ0n) is 11.8. The van der Waals surface area contributed by atoms with Gasteiger partial charge in [-0.3, -0.25) is 10.1 Å². The summed E-state index contributed by atoms with van der Waals surface area (Å²) >= 11 is 0. The highest BCUT2D eigenvalue weighted by molar-refractivity contribution is 6.19. The summed E-state index contributed by atoms with van der Waals surface area (Å²) in [5, 5.41) is 13.6. The quantitative estimate of drug-likeness (QED) is 0.794. The van der Waals surface area contributed by atoms with E-state index < -0.39 is 24.0 Å². The monoisotopic (exact) mass is 313 g/mol. The molecule has 0 saturated carbocycles. The molecule has 0 aromatic heterocycles. The molecule has 0 saturated heterocycles. The molecule has 1 heterocycles. The van der Waals surface area contributed by atoms with E-state index in [1.807, 2.05) is 0 Å². The smallest absolute Gasteiger partial charge is 0.406 e. The molecule has 0 aliphatic carbocycles. The number of carbonyl (C=O) groups excluding carboxylic acids is 1. The molecular weight excluding hydrogens is 301 g/mol. The van der Waals surface area contributed by atoms with Gasteiger partial charge in [0, 0.05) is 11.1 Å². The number of hydrogen-bond donors (Lipinski definition) is 3. The SMILES string of the molecule is O=C(O)NC1N=C(c2ccc(F)cc2)c2ccccc2NC1=O. The zero-order chi connectivity index (χ0) is 16.4. The number of fused-ring (bicyclic) bond motifs is 1. The molecule has 3 N–H and O–H groups in total. The van der Waals surface area contributed by atoms with Gasteiger partial charge in [-0.2, -0.15) is 0 Å². The standard InChI is InChI=1S/C16H12FN3O3/c17-10-7-5-9(6-8-10)13-11-3-1-2-4-12(11)18-15(21)14(19-13)20-16(22)23/h1-8,14,20H,(H,18,21)(H,22,23). The summed E-state index contributed by atoms with van der Waals surface area (Å²) in [4.78, 5) is 27.2. The molecule has 7 heteroatoms. The van der Waals surface area contributed by atoms with Crippen LogP contribution < -0.4 is 10.6 Å². The summed E-state index contributed by atoms with van der Waals surface area (Å²) < 4.78 is 13.1. The predicted octanol–water partition coefficient (Wildman–Crippen LogP) is 2.21. The first-order chi connectivity index (χ1) is 11.0. The number of carboxylic acid groups (broad SMARTS) is 1. The van der Waals surface area contributed by atoms with Crippen LogP contribution in [0, 0.1) is 5.82 Å². The van der Waals surface area contributed by atoms with E-state index in [-0.39, 0.29) is 0 Å². The molecule has 116 valence electrons. The fraction of sp³-hybridized carbons (Fsp3) is 0.0625. The van der Waals surface area contributed by atoms with Crippen LogP contribution in [0.4, 0.5) is 14.9 Å². The Hall–Kier alpha value is -3.22. The van der Waals surface area contributed by atoms with Crippen LogP contribution in [-0.4, -0.2) is 29.0 Å². The summed E-state index contributed by atoms with van der Waals surface area (Å²) in [6.07, 6.45) is -2.65. The van der Waals surface area contributed by atoms with Crippen LogP contribution in [0.3, 0.4) is 0 Å². The Labute approximate surface area is 130 Å². The Kier molecular flexibility index (Phi) is 3.76. The molecule has 1 aliphatic rings. The van der Waals surface area contributed by atoms with E-state index in [1.54, 1.807) is 24.3 Å². The zero-order valence-corrected chi connectivity index (χ0v) is 11.8. The summed E-state index contributed by atoms with van der Waals surface area (Å²) in [7, 11) is 0. The van der Waals surface area contributed by atoms with Gasteiger partial charge in [0.15, 0.2) is 0 Å². The minimum atomic E-state index is -1.36. The van der Waals surface area contributed by atoms with E-state index in [1.165, 1.54) is 24.3 Å². The van der Waals surface area contributed by atoms with E-state index in [0.717, 1.165) is 0 Å². The molecule has 1 atom stereocenters. The van der Waals surface area contributed by atoms with E-state index in [4.69, 9.17) is 5.11 Å². The summed E-state index contributed by atoms with van der Waals surface area (Å²) in [5.74, 6) is -0.984. The van der Waals surface area contributed by atoms with E-state index in [9.17, 15) is 14.0 Å². The molecule has 2 aromatic rings. The Morgan fingerprint density at radius 1 is 1.17 bits per heavy atom. The Morgan fingerprint density at radius 2 is 1.87 bits per heavy atom. The first kappa shape index (κ1) is 14.7. The molecule has 1 aliphatic heterocycles. The van der Waals surface area contributed by atoms with E-state index >= 15 is 0 Å². The Balaban J connectivity index is 2.15. The topological polar surface area (TPSA) is 90.8 Å². The average molecular weight is 313 g/mol. The first-order valence-corrected chi connectivity index (χ1v) is 6.78. The molecule has 0 bridgehead atoms. The molecule has 6 nitrogen and oxygen atoms in total. The minimum Gasteiger partial charge on any atom is -0.465 e. The van der Waals surface area contributed by atoms with Crippen molar-refractivity contribution >= 4 is 23.4 Å². The van der Waals surface area contributed by atoms with Crippen molar-refractivity contribution in [1.82, 2.24) is 5.32 Å². The third-order valence-electron chi connectivity index (χ3n) is 3.32. The van der Waals surface area contributed by atoms with Crippen LogP contribution in [0.1, 0.15) is 11.1 Å². The minimum absolute atomic E-state index is 0.398. The number of benzene rings is 2. The van der Waals surface area contributed by atoms with Gasteiger partial charge in [0.05, 0.1) is 11.4 Å². The molecule has 3 rings (SSSR count). The summed E-state index contributed by atoms with van der Waals surface area (Å²) in [6.45, 7) is 0. The van der Waals surface area contributed by atoms with Crippen molar-refractivity contribution in [3.05, 3.63) is 65.5 Å². The third-order valence-corrected chi connectivity index (χ3v) is 3.32. The highest BCUT2D eigenvalue weighted by Crippen LogP contribution is 2.23. The van der Waals surface area contributed by atoms with Crippen molar-refractivity contribution in [1.29, 1.82) is 0 Å². The molecule has 0 spiro atoms. The fourth-order valence-corrected chi connectivity index (χ4v) is 2.31. The van der Waals surface area contributed by atoms with Gasteiger partial charge in [-0.25, -0.2) is 14.2 Å². The van der Waals surface area contributed by atoms with Crippen molar-refractivity contribution in [3.8, 4) is 0 Å². The van der Waals surface area contributed by atoms with Crippen molar-refractivity contribution in [3.63, 3.8) is 0 Å². The van der Waals surface area contributed by atoms with Crippen molar-refractivity contribution in [2.24, 2.45) is 4.99 Å². The number of rotatable bonds is 2. The van der Waals surface area contributed by atoms with E-state index in [2.05, 4.69) is 15.6 Å². The number of hydrogen-bond acceptors (Lipinski definition) is 3. The highest BCUT2D eigenvalue weighted by Gasteiger charge is 2.26. The van der Waals surface area contributed by atoms with Gasteiger partial charge in [0.2, 0.25) is 6.17 Å². The number of aliphatic imine (C=N–C) groups is 1. The molecule has 0 radical (unpaired) electrons. The molecule has 23 heavy (non-hydrogen) atoms. The highest BCUT2D eigenvalue weighted by atomic mass is 19.1. The van der Waals surface area contributed by atoms with Crippen molar-refractivity contribution in [2.45, 2.75) is 6.17 Å². The lowest BCUT2D eigenvalue weighted by Gasteiger charge is -2.10. The number of para-hydroxylation sites is 1. The molecule has 0 fully saturated rings. The van der Waals surface area contributed by atoms with Crippen LogP contribution in [0.15, 0.2) is 53.5 Å². The lowest BCUT2D eigenvalue weighted by molar-refractivity contribution is -0.117. The van der Waals surface area contributed by atoms with Crippen LogP contribution in [0.2, 0.25) is 0 Å². The molecule has 2 aromatic carbocycles. The van der Waals surface area contributed by atoms with Gasteiger partial charge in [-0.1, -0.05) is 18.2 Å². The maximum absolute atomic E-state index is 13.1.